The van der Waals surface area contributed by atoms with Gasteiger partial charge in [-0.15, -0.1) is 11.3 Å². The summed E-state index contributed by atoms with van der Waals surface area (Å²) >= 11 is 7.32. The van der Waals surface area contributed by atoms with Crippen molar-refractivity contribution in [3.05, 3.63) is 52.2 Å². The van der Waals surface area contributed by atoms with E-state index in [1.54, 1.807) is 7.11 Å². The zero-order valence-electron chi connectivity index (χ0n) is 16.0. The van der Waals surface area contributed by atoms with E-state index >= 15 is 0 Å². The molecule has 1 atom stereocenters. The predicted octanol–water partition coefficient (Wildman–Crippen LogP) is 2.71. The van der Waals surface area contributed by atoms with Crippen LogP contribution in [0.4, 0.5) is 0 Å². The average Bonchev–Trinajstić information content (AvgIpc) is 3.23. The maximum atomic E-state index is 5.50. The van der Waals surface area contributed by atoms with Crippen molar-refractivity contribution in [2.45, 2.75) is 12.6 Å². The smallest absolute Gasteiger partial charge is 0.166 e. The molecule has 3 rings (SSSR count). The van der Waals surface area contributed by atoms with Gasteiger partial charge >= 0.3 is 0 Å². The molecule has 0 bridgehead atoms. The molecule has 0 saturated carbocycles. The van der Waals surface area contributed by atoms with Gasteiger partial charge in [-0.1, -0.05) is 18.2 Å². The summed E-state index contributed by atoms with van der Waals surface area (Å²) in [5.74, 6) is 0.866. The lowest BCUT2D eigenvalue weighted by Crippen LogP contribution is -2.49. The van der Waals surface area contributed by atoms with E-state index in [1.165, 1.54) is 10.4 Å². The molecule has 1 saturated heterocycles. The number of hydrogen-bond donors (Lipinski definition) is 2. The molecule has 0 aliphatic carbocycles. The maximum Gasteiger partial charge on any atom is 0.166 e. The van der Waals surface area contributed by atoms with E-state index in [0.717, 1.165) is 38.5 Å². The minimum atomic E-state index is 0.361. The fraction of sp³-hybridized carbons (Fsp3) is 0.450. The molecule has 7 heteroatoms. The second-order valence-corrected chi connectivity index (χ2v) is 8.17. The lowest BCUT2D eigenvalue weighted by molar-refractivity contribution is 0.114. The molecule has 2 N–H and O–H groups in total. The number of thiophene rings is 1. The lowest BCUT2D eigenvalue weighted by atomic mass is 10.1. The summed E-state index contributed by atoms with van der Waals surface area (Å²) in [5.41, 5.74) is 1.17. The van der Waals surface area contributed by atoms with Crippen LogP contribution in [0.2, 0.25) is 0 Å². The second-order valence-electron chi connectivity index (χ2n) is 6.78. The van der Waals surface area contributed by atoms with E-state index < -0.39 is 0 Å². The molecule has 2 heterocycles. The van der Waals surface area contributed by atoms with Crippen molar-refractivity contribution in [3.63, 3.8) is 0 Å². The zero-order valence-corrected chi connectivity index (χ0v) is 17.6. The standard InChI is InChI=1S/C20H28N4OS2/c1-23-9-11-24(12-10-23)18(19-4-3-13-27-19)15-22-20(26)21-14-16-5-7-17(25-2)8-6-16/h3-8,13,18H,9-12,14-15H2,1-2H3,(H2,21,22,26)/t18-/m1/s1. The minimum Gasteiger partial charge on any atom is -0.497 e. The summed E-state index contributed by atoms with van der Waals surface area (Å²) in [6, 6.07) is 12.7. The monoisotopic (exact) mass is 404 g/mol. The highest BCUT2D eigenvalue weighted by molar-refractivity contribution is 7.80. The van der Waals surface area contributed by atoms with E-state index in [2.05, 4.69) is 45.0 Å². The number of ether oxygens (including phenoxy) is 1. The highest BCUT2D eigenvalue weighted by atomic mass is 32.1. The summed E-state index contributed by atoms with van der Waals surface area (Å²) in [5, 5.41) is 9.57. The van der Waals surface area contributed by atoms with Gasteiger partial charge in [-0.05, 0) is 48.4 Å². The topological polar surface area (TPSA) is 39.8 Å². The highest BCUT2D eigenvalue weighted by Gasteiger charge is 2.24. The number of nitrogens with zero attached hydrogens (tertiary/aromatic N) is 2. The van der Waals surface area contributed by atoms with E-state index in [9.17, 15) is 0 Å². The van der Waals surface area contributed by atoms with Crippen LogP contribution in [0, 0.1) is 0 Å². The Morgan fingerprint density at radius 2 is 1.89 bits per heavy atom. The van der Waals surface area contributed by atoms with Gasteiger partial charge < -0.3 is 20.3 Å². The predicted molar refractivity (Wildman–Crippen MR) is 117 cm³/mol. The van der Waals surface area contributed by atoms with Gasteiger partial charge in [0.1, 0.15) is 5.75 Å². The Kier molecular flexibility index (Phi) is 7.46. The molecule has 1 aliphatic rings. The Hall–Kier alpha value is -1.67. The third-order valence-electron chi connectivity index (χ3n) is 4.92. The van der Waals surface area contributed by atoms with E-state index in [0.29, 0.717) is 17.7 Å². The number of hydrogen-bond acceptors (Lipinski definition) is 5. The molecule has 0 unspecified atom stereocenters. The molecule has 1 fully saturated rings. The van der Waals surface area contributed by atoms with Gasteiger partial charge in [-0.2, -0.15) is 0 Å². The van der Waals surface area contributed by atoms with Gasteiger partial charge in [0.25, 0.3) is 0 Å². The molecule has 146 valence electrons. The number of methoxy groups -OCH3 is 1. The Balaban J connectivity index is 1.51. The maximum absolute atomic E-state index is 5.50. The molecule has 27 heavy (non-hydrogen) atoms. The molecule has 5 nitrogen and oxygen atoms in total. The average molecular weight is 405 g/mol. The molecule has 0 radical (unpaired) electrons. The zero-order chi connectivity index (χ0) is 19.1. The van der Waals surface area contributed by atoms with Crippen LogP contribution in [0.1, 0.15) is 16.5 Å². The van der Waals surface area contributed by atoms with Crippen molar-refractivity contribution in [2.75, 3.05) is 46.9 Å². The fourth-order valence-corrected chi connectivity index (χ4v) is 4.22. The summed E-state index contributed by atoms with van der Waals surface area (Å²) in [6.07, 6.45) is 0. The second kappa shape index (κ2) is 10.0. The first kappa shape index (κ1) is 20.1. The first-order chi connectivity index (χ1) is 13.2. The summed E-state index contributed by atoms with van der Waals surface area (Å²) in [7, 11) is 3.87. The summed E-state index contributed by atoms with van der Waals surface area (Å²) in [6.45, 7) is 5.93. The van der Waals surface area contributed by atoms with Crippen molar-refractivity contribution < 1.29 is 4.74 Å². The number of piperazine rings is 1. The molecule has 1 aliphatic heterocycles. The first-order valence-corrected chi connectivity index (χ1v) is 10.5. The quantitative estimate of drug-likeness (QED) is 0.692. The van der Waals surface area contributed by atoms with Gasteiger partial charge in [0.15, 0.2) is 5.11 Å². The number of benzene rings is 1. The van der Waals surface area contributed by atoms with Gasteiger partial charge in [-0.25, -0.2) is 0 Å². The molecule has 1 aromatic heterocycles. The molecule has 1 aromatic carbocycles. The van der Waals surface area contributed by atoms with Crippen molar-refractivity contribution in [1.29, 1.82) is 0 Å². The lowest BCUT2D eigenvalue weighted by Gasteiger charge is -2.37. The van der Waals surface area contributed by atoms with Gasteiger partial charge in [0.05, 0.1) is 13.2 Å². The van der Waals surface area contributed by atoms with Gasteiger partial charge in [-0.3, -0.25) is 4.90 Å². The molecular formula is C20H28N4OS2. The van der Waals surface area contributed by atoms with Crippen molar-refractivity contribution in [3.8, 4) is 5.75 Å². The summed E-state index contributed by atoms with van der Waals surface area (Å²) < 4.78 is 5.19. The number of nitrogens with one attached hydrogen (secondary N) is 2. The Labute approximate surface area is 171 Å². The van der Waals surface area contributed by atoms with E-state index in [1.807, 2.05) is 35.6 Å². The van der Waals surface area contributed by atoms with E-state index in [4.69, 9.17) is 17.0 Å². The molecular weight excluding hydrogens is 376 g/mol. The van der Waals surface area contributed by atoms with Crippen molar-refractivity contribution in [1.82, 2.24) is 20.4 Å². The van der Waals surface area contributed by atoms with Crippen molar-refractivity contribution >= 4 is 28.7 Å². The van der Waals surface area contributed by atoms with Crippen LogP contribution in [0.3, 0.4) is 0 Å². The van der Waals surface area contributed by atoms with Crippen LogP contribution in [0.25, 0.3) is 0 Å². The molecule has 2 aromatic rings. The van der Waals surface area contributed by atoms with Crippen molar-refractivity contribution in [2.24, 2.45) is 0 Å². The number of thiocarbonyl (C=S) groups is 1. The Bertz CT molecular complexity index is 697. The molecule has 0 spiro atoms. The molecule has 0 amide bonds. The highest BCUT2D eigenvalue weighted by Crippen LogP contribution is 2.25. The van der Waals surface area contributed by atoms with Crippen LogP contribution in [0.15, 0.2) is 41.8 Å². The van der Waals surface area contributed by atoms with Crippen LogP contribution >= 0.6 is 23.6 Å². The minimum absolute atomic E-state index is 0.361. The number of rotatable bonds is 7. The summed E-state index contributed by atoms with van der Waals surface area (Å²) in [4.78, 5) is 6.34. The van der Waals surface area contributed by atoms with E-state index in [-0.39, 0.29) is 0 Å². The van der Waals surface area contributed by atoms with Crippen LogP contribution in [0.5, 0.6) is 5.75 Å². The normalized spacial score (nSPS) is 16.7. The third kappa shape index (κ3) is 5.90. The number of likely N-dealkylation sites (N-methyl/N-ethyl adjacent to an activating group) is 1. The van der Waals surface area contributed by atoms with Crippen LogP contribution in [-0.4, -0.2) is 61.8 Å². The Morgan fingerprint density at radius 1 is 1.15 bits per heavy atom. The fourth-order valence-electron chi connectivity index (χ4n) is 3.20. The van der Waals surface area contributed by atoms with Gasteiger partial charge in [0, 0.05) is 44.1 Å². The SMILES string of the molecule is COc1ccc(CNC(=S)NC[C@H](c2cccs2)N2CCN(C)CC2)cc1. The Morgan fingerprint density at radius 3 is 2.52 bits per heavy atom. The third-order valence-corrected chi connectivity index (χ3v) is 6.18. The largest absolute Gasteiger partial charge is 0.497 e. The van der Waals surface area contributed by atoms with Crippen LogP contribution in [-0.2, 0) is 6.54 Å². The first-order valence-electron chi connectivity index (χ1n) is 9.26. The van der Waals surface area contributed by atoms with Crippen LogP contribution < -0.4 is 15.4 Å². The van der Waals surface area contributed by atoms with Gasteiger partial charge in [0.2, 0.25) is 0 Å².